The molecule has 98 valence electrons. The number of hydrogen-bond acceptors (Lipinski definition) is 3. The maximum absolute atomic E-state index is 12.1. The van der Waals surface area contributed by atoms with E-state index in [1.165, 1.54) is 0 Å². The van der Waals surface area contributed by atoms with Crippen LogP contribution in [-0.4, -0.2) is 37.5 Å². The molecule has 0 saturated carbocycles. The number of benzene rings is 1. The average molecular weight is 247 g/mol. The number of anilines is 2. The van der Waals surface area contributed by atoms with E-state index >= 15 is 0 Å². The van der Waals surface area contributed by atoms with Gasteiger partial charge in [0.25, 0.3) is 0 Å². The number of nitrogens with two attached hydrogens (primary N) is 1. The average Bonchev–Trinajstić information content (AvgIpc) is 2.81. The molecule has 1 saturated heterocycles. The fourth-order valence-electron chi connectivity index (χ4n) is 2.55. The molecular formula is C14H21N3O. The van der Waals surface area contributed by atoms with Crippen LogP contribution in [0.2, 0.25) is 0 Å². The number of carbonyl (C=O) groups is 1. The van der Waals surface area contributed by atoms with Crippen LogP contribution < -0.4 is 10.6 Å². The highest BCUT2D eigenvalue weighted by Crippen LogP contribution is 2.26. The van der Waals surface area contributed by atoms with Crippen LogP contribution in [0.1, 0.15) is 18.4 Å². The van der Waals surface area contributed by atoms with Gasteiger partial charge in [0.05, 0.1) is 17.9 Å². The molecule has 1 amide bonds. The fourth-order valence-corrected chi connectivity index (χ4v) is 2.55. The quantitative estimate of drug-likeness (QED) is 0.826. The minimum absolute atomic E-state index is 0.192. The molecule has 1 aliphatic heterocycles. The predicted octanol–water partition coefficient (Wildman–Crippen LogP) is 1.64. The molecule has 0 aliphatic carbocycles. The zero-order valence-corrected chi connectivity index (χ0v) is 11.1. The van der Waals surface area contributed by atoms with E-state index in [0.717, 1.165) is 42.9 Å². The van der Waals surface area contributed by atoms with Gasteiger partial charge in [0, 0.05) is 20.1 Å². The minimum Gasteiger partial charge on any atom is -0.397 e. The first-order valence-corrected chi connectivity index (χ1v) is 6.43. The van der Waals surface area contributed by atoms with E-state index in [1.807, 2.05) is 42.0 Å². The Morgan fingerprint density at radius 2 is 2.06 bits per heavy atom. The Labute approximate surface area is 108 Å². The predicted molar refractivity (Wildman–Crippen MR) is 74.7 cm³/mol. The molecule has 1 aromatic carbocycles. The van der Waals surface area contributed by atoms with Crippen molar-refractivity contribution in [3.05, 3.63) is 23.8 Å². The van der Waals surface area contributed by atoms with Crippen LogP contribution in [0.4, 0.5) is 11.4 Å². The molecular weight excluding hydrogens is 226 g/mol. The van der Waals surface area contributed by atoms with Gasteiger partial charge < -0.3 is 15.5 Å². The number of amides is 1. The molecule has 0 aromatic heterocycles. The molecule has 1 heterocycles. The van der Waals surface area contributed by atoms with Gasteiger partial charge in [0.2, 0.25) is 5.91 Å². The summed E-state index contributed by atoms with van der Waals surface area (Å²) in [6.45, 7) is 4.21. The molecule has 0 spiro atoms. The minimum atomic E-state index is 0.192. The Hall–Kier alpha value is -1.71. The van der Waals surface area contributed by atoms with Crippen molar-refractivity contribution in [2.75, 3.05) is 37.3 Å². The standard InChI is InChI=1S/C14H21N3O/c1-11-6-5-7-12(15)14(11)16(2)10-13(18)17-8-3-4-9-17/h5-7H,3-4,8-10,15H2,1-2H3. The highest BCUT2D eigenvalue weighted by Gasteiger charge is 2.20. The Bertz CT molecular complexity index is 418. The van der Waals surface area contributed by atoms with Crippen LogP contribution in [0.3, 0.4) is 0 Å². The second kappa shape index (κ2) is 5.29. The second-order valence-corrected chi connectivity index (χ2v) is 4.96. The number of carbonyl (C=O) groups excluding carboxylic acids is 1. The number of likely N-dealkylation sites (N-methyl/N-ethyl adjacent to an activating group) is 1. The second-order valence-electron chi connectivity index (χ2n) is 4.96. The van der Waals surface area contributed by atoms with Gasteiger partial charge in [0.1, 0.15) is 0 Å². The lowest BCUT2D eigenvalue weighted by molar-refractivity contribution is -0.128. The van der Waals surface area contributed by atoms with Crippen LogP contribution in [-0.2, 0) is 4.79 Å². The largest absolute Gasteiger partial charge is 0.397 e. The van der Waals surface area contributed by atoms with Gasteiger partial charge in [-0.15, -0.1) is 0 Å². The number of likely N-dealkylation sites (tertiary alicyclic amines) is 1. The molecule has 0 unspecified atom stereocenters. The highest BCUT2D eigenvalue weighted by atomic mass is 16.2. The zero-order chi connectivity index (χ0) is 13.1. The van der Waals surface area contributed by atoms with E-state index in [0.29, 0.717) is 6.54 Å². The summed E-state index contributed by atoms with van der Waals surface area (Å²) in [7, 11) is 1.92. The lowest BCUT2D eigenvalue weighted by atomic mass is 10.1. The number of rotatable bonds is 3. The summed E-state index contributed by atoms with van der Waals surface area (Å²) in [5.74, 6) is 0.192. The third kappa shape index (κ3) is 2.58. The number of nitrogens with zero attached hydrogens (tertiary/aromatic N) is 2. The van der Waals surface area contributed by atoms with Crippen molar-refractivity contribution >= 4 is 17.3 Å². The van der Waals surface area contributed by atoms with Crippen LogP contribution in [0.15, 0.2) is 18.2 Å². The zero-order valence-electron chi connectivity index (χ0n) is 11.1. The summed E-state index contributed by atoms with van der Waals surface area (Å²) >= 11 is 0. The molecule has 4 heteroatoms. The summed E-state index contributed by atoms with van der Waals surface area (Å²) in [6.07, 6.45) is 2.25. The molecule has 1 aliphatic rings. The number of hydrogen-bond donors (Lipinski definition) is 1. The maximum Gasteiger partial charge on any atom is 0.242 e. The Morgan fingerprint density at radius 1 is 1.39 bits per heavy atom. The van der Waals surface area contributed by atoms with Gasteiger partial charge in [-0.05, 0) is 31.4 Å². The van der Waals surface area contributed by atoms with Crippen LogP contribution in [0.25, 0.3) is 0 Å². The Balaban J connectivity index is 2.07. The first-order valence-electron chi connectivity index (χ1n) is 6.43. The highest BCUT2D eigenvalue weighted by molar-refractivity contribution is 5.84. The first-order chi connectivity index (χ1) is 8.59. The van der Waals surface area contributed by atoms with E-state index in [-0.39, 0.29) is 5.91 Å². The molecule has 0 atom stereocenters. The molecule has 0 bridgehead atoms. The van der Waals surface area contributed by atoms with Gasteiger partial charge in [-0.25, -0.2) is 0 Å². The lowest BCUT2D eigenvalue weighted by Gasteiger charge is -2.25. The normalized spacial score (nSPS) is 14.9. The van der Waals surface area contributed by atoms with Crippen LogP contribution in [0, 0.1) is 6.92 Å². The van der Waals surface area contributed by atoms with E-state index in [1.54, 1.807) is 0 Å². The number of nitrogen functional groups attached to an aromatic ring is 1. The molecule has 4 nitrogen and oxygen atoms in total. The Morgan fingerprint density at radius 3 is 2.67 bits per heavy atom. The third-order valence-corrected chi connectivity index (χ3v) is 3.48. The summed E-state index contributed by atoms with van der Waals surface area (Å²) in [6, 6.07) is 5.83. The molecule has 1 aromatic rings. The molecule has 0 radical (unpaired) electrons. The van der Waals surface area contributed by atoms with Crippen LogP contribution in [0.5, 0.6) is 0 Å². The van der Waals surface area contributed by atoms with Crippen molar-refractivity contribution in [3.8, 4) is 0 Å². The first kappa shape index (κ1) is 12.7. The molecule has 1 fully saturated rings. The van der Waals surface area contributed by atoms with Crippen molar-refractivity contribution in [3.63, 3.8) is 0 Å². The van der Waals surface area contributed by atoms with Crippen molar-refractivity contribution in [2.24, 2.45) is 0 Å². The topological polar surface area (TPSA) is 49.6 Å². The SMILES string of the molecule is Cc1cccc(N)c1N(C)CC(=O)N1CCCC1. The van der Waals surface area contributed by atoms with Crippen LogP contribution >= 0.6 is 0 Å². The van der Waals surface area contributed by atoms with E-state index < -0.39 is 0 Å². The van der Waals surface area contributed by atoms with Gasteiger partial charge in [0.15, 0.2) is 0 Å². The summed E-state index contributed by atoms with van der Waals surface area (Å²) in [5.41, 5.74) is 8.78. The summed E-state index contributed by atoms with van der Waals surface area (Å²) in [4.78, 5) is 16.0. The number of para-hydroxylation sites is 1. The molecule has 2 N–H and O–H groups in total. The van der Waals surface area contributed by atoms with Gasteiger partial charge in [-0.3, -0.25) is 4.79 Å². The summed E-state index contributed by atoms with van der Waals surface area (Å²) in [5, 5.41) is 0. The molecule has 18 heavy (non-hydrogen) atoms. The molecule has 2 rings (SSSR count). The summed E-state index contributed by atoms with van der Waals surface area (Å²) < 4.78 is 0. The van der Waals surface area contributed by atoms with E-state index in [2.05, 4.69) is 0 Å². The van der Waals surface area contributed by atoms with Gasteiger partial charge >= 0.3 is 0 Å². The fraction of sp³-hybridized carbons (Fsp3) is 0.500. The maximum atomic E-state index is 12.1. The number of aryl methyl sites for hydroxylation is 1. The van der Waals surface area contributed by atoms with Gasteiger partial charge in [-0.1, -0.05) is 12.1 Å². The van der Waals surface area contributed by atoms with Gasteiger partial charge in [-0.2, -0.15) is 0 Å². The lowest BCUT2D eigenvalue weighted by Crippen LogP contribution is -2.37. The monoisotopic (exact) mass is 247 g/mol. The van der Waals surface area contributed by atoms with Crippen molar-refractivity contribution < 1.29 is 4.79 Å². The van der Waals surface area contributed by atoms with Crippen molar-refractivity contribution in [1.29, 1.82) is 0 Å². The van der Waals surface area contributed by atoms with E-state index in [4.69, 9.17) is 5.73 Å². The van der Waals surface area contributed by atoms with Crippen molar-refractivity contribution in [2.45, 2.75) is 19.8 Å². The Kier molecular flexibility index (Phi) is 3.75. The smallest absolute Gasteiger partial charge is 0.242 e. The third-order valence-electron chi connectivity index (χ3n) is 3.48. The van der Waals surface area contributed by atoms with Crippen molar-refractivity contribution in [1.82, 2.24) is 4.90 Å². The van der Waals surface area contributed by atoms with E-state index in [9.17, 15) is 4.79 Å².